The lowest BCUT2D eigenvalue weighted by Crippen LogP contribution is -2.03. The molecule has 4 nitrogen and oxygen atoms in total. The van der Waals surface area contributed by atoms with E-state index in [9.17, 15) is 0 Å². The van der Waals surface area contributed by atoms with Crippen molar-refractivity contribution in [1.82, 2.24) is 9.97 Å². The van der Waals surface area contributed by atoms with Gasteiger partial charge in [-0.2, -0.15) is 0 Å². The average molecular weight is 279 g/mol. The smallest absolute Gasteiger partial charge is 0.124 e. The topological polar surface area (TPSA) is 63.9 Å². The molecule has 2 aromatic carbocycles. The summed E-state index contributed by atoms with van der Waals surface area (Å²) in [4.78, 5) is 7.12. The second-order valence-electron chi connectivity index (χ2n) is 4.77. The van der Waals surface area contributed by atoms with E-state index in [0.717, 1.165) is 28.1 Å². The lowest BCUT2D eigenvalue weighted by molar-refractivity contribution is 0.303. The van der Waals surface area contributed by atoms with E-state index in [1.165, 1.54) is 0 Å². The summed E-state index contributed by atoms with van der Waals surface area (Å²) >= 11 is 0. The minimum Gasteiger partial charge on any atom is -0.489 e. The lowest BCUT2D eigenvalue weighted by atomic mass is 10.1. The van der Waals surface area contributed by atoms with Gasteiger partial charge in [0.15, 0.2) is 0 Å². The van der Waals surface area contributed by atoms with Crippen molar-refractivity contribution in [3.8, 4) is 17.0 Å². The van der Waals surface area contributed by atoms with E-state index in [-0.39, 0.29) is 0 Å². The number of ether oxygens (including phenoxy) is 1. The number of nitrogens with one attached hydrogen (secondary N) is 1. The molecule has 1 heterocycles. The molecule has 0 amide bonds. The molecule has 0 aliphatic rings. The standard InChI is InChI=1S/C17H17N3O/c18-9-15-8-14(16-10-19-12-20-16)6-7-17(15)21-11-13-4-2-1-3-5-13/h1-8,10,12H,9,11,18H2,(H,19,20). The van der Waals surface area contributed by atoms with Gasteiger partial charge in [0, 0.05) is 17.7 Å². The van der Waals surface area contributed by atoms with Crippen molar-refractivity contribution in [2.24, 2.45) is 5.73 Å². The van der Waals surface area contributed by atoms with E-state index in [0.29, 0.717) is 13.2 Å². The fourth-order valence-corrected chi connectivity index (χ4v) is 2.20. The third-order valence-corrected chi connectivity index (χ3v) is 3.33. The SMILES string of the molecule is NCc1cc(-c2cnc[nH]2)ccc1OCc1ccccc1. The van der Waals surface area contributed by atoms with Crippen molar-refractivity contribution in [3.63, 3.8) is 0 Å². The van der Waals surface area contributed by atoms with Crippen LogP contribution in [0.25, 0.3) is 11.3 Å². The van der Waals surface area contributed by atoms with Gasteiger partial charge in [-0.1, -0.05) is 30.3 Å². The Morgan fingerprint density at radius 2 is 1.95 bits per heavy atom. The number of nitrogens with zero attached hydrogens (tertiary/aromatic N) is 1. The zero-order valence-electron chi connectivity index (χ0n) is 11.6. The molecule has 3 rings (SSSR count). The van der Waals surface area contributed by atoms with E-state index in [1.807, 2.05) is 48.5 Å². The van der Waals surface area contributed by atoms with Crippen molar-refractivity contribution in [2.75, 3.05) is 0 Å². The molecule has 0 atom stereocenters. The minimum absolute atomic E-state index is 0.437. The van der Waals surface area contributed by atoms with E-state index >= 15 is 0 Å². The van der Waals surface area contributed by atoms with E-state index in [4.69, 9.17) is 10.5 Å². The number of benzene rings is 2. The number of imidazole rings is 1. The number of hydrogen-bond acceptors (Lipinski definition) is 3. The Balaban J connectivity index is 1.79. The second-order valence-corrected chi connectivity index (χ2v) is 4.77. The van der Waals surface area contributed by atoms with Crippen LogP contribution in [0.2, 0.25) is 0 Å². The molecule has 3 aromatic rings. The van der Waals surface area contributed by atoms with Crippen molar-refractivity contribution < 1.29 is 4.74 Å². The van der Waals surface area contributed by atoms with Gasteiger partial charge >= 0.3 is 0 Å². The summed E-state index contributed by atoms with van der Waals surface area (Å²) in [6.07, 6.45) is 3.46. The maximum atomic E-state index is 5.88. The van der Waals surface area contributed by atoms with Crippen LogP contribution in [0.1, 0.15) is 11.1 Å². The molecule has 1 aromatic heterocycles. The van der Waals surface area contributed by atoms with E-state index in [2.05, 4.69) is 9.97 Å². The molecule has 0 saturated carbocycles. The summed E-state index contributed by atoms with van der Waals surface area (Å²) in [6, 6.07) is 16.1. The average Bonchev–Trinajstić information content (AvgIpc) is 3.08. The molecule has 0 unspecified atom stereocenters. The van der Waals surface area contributed by atoms with Crippen molar-refractivity contribution in [3.05, 3.63) is 72.2 Å². The van der Waals surface area contributed by atoms with Crippen LogP contribution in [-0.2, 0) is 13.2 Å². The molecule has 4 heteroatoms. The molecule has 0 saturated heterocycles. The van der Waals surface area contributed by atoms with Crippen LogP contribution in [0, 0.1) is 0 Å². The predicted octanol–water partition coefficient (Wildman–Crippen LogP) is 3.11. The molecule has 0 radical (unpaired) electrons. The first kappa shape index (κ1) is 13.4. The van der Waals surface area contributed by atoms with E-state index < -0.39 is 0 Å². The van der Waals surface area contributed by atoms with Crippen molar-refractivity contribution >= 4 is 0 Å². The molecule has 0 aliphatic heterocycles. The molecule has 0 spiro atoms. The highest BCUT2D eigenvalue weighted by Gasteiger charge is 2.06. The molecule has 106 valence electrons. The molecule has 0 aliphatic carbocycles. The van der Waals surface area contributed by atoms with Gasteiger partial charge in [-0.15, -0.1) is 0 Å². The Hall–Kier alpha value is -2.59. The molecular weight excluding hydrogens is 262 g/mol. The number of aromatic amines is 1. The quantitative estimate of drug-likeness (QED) is 0.754. The van der Waals surface area contributed by atoms with Gasteiger partial charge in [0.05, 0.1) is 18.2 Å². The van der Waals surface area contributed by atoms with Crippen LogP contribution >= 0.6 is 0 Å². The largest absolute Gasteiger partial charge is 0.489 e. The summed E-state index contributed by atoms with van der Waals surface area (Å²) in [7, 11) is 0. The van der Waals surface area contributed by atoms with Crippen LogP contribution in [0.3, 0.4) is 0 Å². The Bertz CT molecular complexity index is 693. The van der Waals surface area contributed by atoms with Crippen molar-refractivity contribution in [2.45, 2.75) is 13.2 Å². The fraction of sp³-hybridized carbons (Fsp3) is 0.118. The van der Waals surface area contributed by atoms with Crippen molar-refractivity contribution in [1.29, 1.82) is 0 Å². The summed E-state index contributed by atoms with van der Waals surface area (Å²) in [5, 5.41) is 0. The third-order valence-electron chi connectivity index (χ3n) is 3.33. The summed E-state index contributed by atoms with van der Waals surface area (Å²) < 4.78 is 5.88. The zero-order chi connectivity index (χ0) is 14.5. The number of rotatable bonds is 5. The van der Waals surface area contributed by atoms with Gasteiger partial charge in [-0.25, -0.2) is 4.98 Å². The van der Waals surface area contributed by atoms with Crippen LogP contribution in [0.4, 0.5) is 0 Å². The monoisotopic (exact) mass is 279 g/mol. The maximum absolute atomic E-state index is 5.88. The predicted molar refractivity (Wildman–Crippen MR) is 82.7 cm³/mol. The Morgan fingerprint density at radius 1 is 1.10 bits per heavy atom. The Morgan fingerprint density at radius 3 is 2.67 bits per heavy atom. The Kier molecular flexibility index (Phi) is 3.98. The Labute approximate surface area is 123 Å². The summed E-state index contributed by atoms with van der Waals surface area (Å²) in [5.41, 5.74) is 9.98. The van der Waals surface area contributed by atoms with Crippen LogP contribution in [0.15, 0.2) is 61.1 Å². The minimum atomic E-state index is 0.437. The van der Waals surface area contributed by atoms with Crippen LogP contribution in [-0.4, -0.2) is 9.97 Å². The molecule has 21 heavy (non-hydrogen) atoms. The molecular formula is C17H17N3O. The van der Waals surface area contributed by atoms with Crippen LogP contribution in [0.5, 0.6) is 5.75 Å². The maximum Gasteiger partial charge on any atom is 0.124 e. The summed E-state index contributed by atoms with van der Waals surface area (Å²) in [5.74, 6) is 0.824. The van der Waals surface area contributed by atoms with Gasteiger partial charge < -0.3 is 15.5 Å². The van der Waals surface area contributed by atoms with Gasteiger partial charge in [0.1, 0.15) is 12.4 Å². The van der Waals surface area contributed by atoms with Gasteiger partial charge in [-0.3, -0.25) is 0 Å². The normalized spacial score (nSPS) is 10.5. The molecule has 0 bridgehead atoms. The highest BCUT2D eigenvalue weighted by molar-refractivity contribution is 5.61. The zero-order valence-corrected chi connectivity index (χ0v) is 11.6. The summed E-state index contributed by atoms with van der Waals surface area (Å²) in [6.45, 7) is 0.976. The highest BCUT2D eigenvalue weighted by atomic mass is 16.5. The highest BCUT2D eigenvalue weighted by Crippen LogP contribution is 2.25. The van der Waals surface area contributed by atoms with Gasteiger partial charge in [0.2, 0.25) is 0 Å². The van der Waals surface area contributed by atoms with Gasteiger partial charge in [-0.05, 0) is 23.8 Å². The first-order valence-electron chi connectivity index (χ1n) is 6.85. The molecule has 3 N–H and O–H groups in total. The first-order valence-corrected chi connectivity index (χ1v) is 6.85. The van der Waals surface area contributed by atoms with E-state index in [1.54, 1.807) is 12.5 Å². The van der Waals surface area contributed by atoms with Gasteiger partial charge in [0.25, 0.3) is 0 Å². The lowest BCUT2D eigenvalue weighted by Gasteiger charge is -2.12. The third kappa shape index (κ3) is 3.12. The number of nitrogens with two attached hydrogens (primary N) is 1. The number of hydrogen-bond donors (Lipinski definition) is 2. The van der Waals surface area contributed by atoms with Crippen LogP contribution < -0.4 is 10.5 Å². The first-order chi connectivity index (χ1) is 10.4. The molecule has 0 fully saturated rings. The fourth-order valence-electron chi connectivity index (χ4n) is 2.20. The number of H-pyrrole nitrogens is 1. The number of aromatic nitrogens is 2. The second kappa shape index (κ2) is 6.24.